The van der Waals surface area contributed by atoms with Crippen LogP contribution in [0.2, 0.25) is 0 Å². The summed E-state index contributed by atoms with van der Waals surface area (Å²) in [6.07, 6.45) is 3.65. The van der Waals surface area contributed by atoms with E-state index in [1.165, 1.54) is 11.8 Å². The second-order valence-electron chi connectivity index (χ2n) is 5.14. The second kappa shape index (κ2) is 8.17. The molecule has 6 heteroatoms. The normalized spacial score (nSPS) is 10.5. The lowest BCUT2D eigenvalue weighted by atomic mass is 10.2. The molecule has 0 aliphatic carbocycles. The van der Waals surface area contributed by atoms with Crippen LogP contribution in [-0.4, -0.2) is 21.4 Å². The number of aromatic nitrogens is 2. The molecule has 3 rings (SSSR count). The molecule has 0 fully saturated rings. The van der Waals surface area contributed by atoms with Gasteiger partial charge in [-0.2, -0.15) is 5.10 Å². The fraction of sp³-hybridized carbons (Fsp3) is 0.111. The third kappa shape index (κ3) is 4.72. The molecule has 0 aliphatic heterocycles. The van der Waals surface area contributed by atoms with E-state index in [0.717, 1.165) is 20.6 Å². The average molecular weight is 402 g/mol. The van der Waals surface area contributed by atoms with Crippen molar-refractivity contribution in [1.29, 1.82) is 0 Å². The van der Waals surface area contributed by atoms with Crippen LogP contribution in [-0.2, 0) is 11.3 Å². The summed E-state index contributed by atoms with van der Waals surface area (Å²) >= 11 is 4.93. The number of amides is 1. The van der Waals surface area contributed by atoms with E-state index >= 15 is 0 Å². The Labute approximate surface area is 153 Å². The number of hydrogen-bond donors (Lipinski definition) is 1. The van der Waals surface area contributed by atoms with Crippen molar-refractivity contribution in [3.63, 3.8) is 0 Å². The van der Waals surface area contributed by atoms with Crippen LogP contribution in [0.3, 0.4) is 0 Å². The lowest BCUT2D eigenvalue weighted by Crippen LogP contribution is -2.24. The van der Waals surface area contributed by atoms with Crippen LogP contribution >= 0.6 is 27.7 Å². The summed E-state index contributed by atoms with van der Waals surface area (Å²) in [5.74, 6) is 0.437. The Morgan fingerprint density at radius 2 is 1.88 bits per heavy atom. The first kappa shape index (κ1) is 16.8. The van der Waals surface area contributed by atoms with Gasteiger partial charge in [-0.25, -0.2) is 4.68 Å². The summed E-state index contributed by atoms with van der Waals surface area (Å²) in [5.41, 5.74) is 2.06. The summed E-state index contributed by atoms with van der Waals surface area (Å²) in [6, 6.07) is 17.8. The standard InChI is InChI=1S/C18H16BrN3OS/c19-15-4-8-17(9-5-15)24-13-18(23)20-12-14-2-6-16(7-3-14)22-11-1-10-21-22/h1-11H,12-13H2,(H,20,23). The summed E-state index contributed by atoms with van der Waals surface area (Å²) in [5, 5.41) is 7.13. The largest absolute Gasteiger partial charge is 0.351 e. The lowest BCUT2D eigenvalue weighted by molar-refractivity contribution is -0.118. The first-order valence-electron chi connectivity index (χ1n) is 7.45. The fourth-order valence-electron chi connectivity index (χ4n) is 2.12. The minimum Gasteiger partial charge on any atom is -0.351 e. The molecule has 3 aromatic rings. The third-order valence-electron chi connectivity index (χ3n) is 3.38. The zero-order valence-electron chi connectivity index (χ0n) is 12.9. The van der Waals surface area contributed by atoms with Gasteiger partial charge < -0.3 is 5.32 Å². The van der Waals surface area contributed by atoms with E-state index in [-0.39, 0.29) is 5.91 Å². The summed E-state index contributed by atoms with van der Waals surface area (Å²) in [4.78, 5) is 13.0. The molecule has 0 aliphatic rings. The summed E-state index contributed by atoms with van der Waals surface area (Å²) in [7, 11) is 0. The smallest absolute Gasteiger partial charge is 0.230 e. The number of halogens is 1. The number of carbonyl (C=O) groups excluding carboxylic acids is 1. The molecule has 0 bridgehead atoms. The molecule has 4 nitrogen and oxygen atoms in total. The monoisotopic (exact) mass is 401 g/mol. The van der Waals surface area contributed by atoms with Crippen LogP contribution in [0, 0.1) is 0 Å². The van der Waals surface area contributed by atoms with E-state index in [0.29, 0.717) is 12.3 Å². The predicted octanol–water partition coefficient (Wildman–Crippen LogP) is 4.04. The second-order valence-corrected chi connectivity index (χ2v) is 7.10. The van der Waals surface area contributed by atoms with Gasteiger partial charge in [-0.15, -0.1) is 11.8 Å². The minimum atomic E-state index is 0.0269. The molecule has 1 heterocycles. The van der Waals surface area contributed by atoms with Gasteiger partial charge in [0, 0.05) is 28.3 Å². The Morgan fingerprint density at radius 3 is 2.54 bits per heavy atom. The van der Waals surface area contributed by atoms with E-state index in [2.05, 4.69) is 26.3 Å². The van der Waals surface area contributed by atoms with Gasteiger partial charge in [0.05, 0.1) is 11.4 Å². The molecule has 0 unspecified atom stereocenters. The van der Waals surface area contributed by atoms with Crippen LogP contribution < -0.4 is 5.32 Å². The maximum Gasteiger partial charge on any atom is 0.230 e. The first-order valence-corrected chi connectivity index (χ1v) is 9.22. The van der Waals surface area contributed by atoms with Crippen LogP contribution in [0.5, 0.6) is 0 Å². The quantitative estimate of drug-likeness (QED) is 0.633. The predicted molar refractivity (Wildman–Crippen MR) is 100 cm³/mol. The van der Waals surface area contributed by atoms with Crippen molar-refractivity contribution in [2.75, 3.05) is 5.75 Å². The Balaban J connectivity index is 1.46. The van der Waals surface area contributed by atoms with Gasteiger partial charge in [0.1, 0.15) is 0 Å². The molecule has 24 heavy (non-hydrogen) atoms. The van der Waals surface area contributed by atoms with Crippen molar-refractivity contribution in [3.05, 3.63) is 77.0 Å². The SMILES string of the molecule is O=C(CSc1ccc(Br)cc1)NCc1ccc(-n2cccn2)cc1. The summed E-state index contributed by atoms with van der Waals surface area (Å²) < 4.78 is 2.84. The first-order chi connectivity index (χ1) is 11.7. The van der Waals surface area contributed by atoms with E-state index in [9.17, 15) is 4.79 Å². The van der Waals surface area contributed by atoms with Crippen LogP contribution in [0.25, 0.3) is 5.69 Å². The highest BCUT2D eigenvalue weighted by Gasteiger charge is 2.04. The number of nitrogens with zero attached hydrogens (tertiary/aromatic N) is 2. The Kier molecular flexibility index (Phi) is 5.72. The number of nitrogens with one attached hydrogen (secondary N) is 1. The third-order valence-corrected chi connectivity index (χ3v) is 4.92. The van der Waals surface area contributed by atoms with E-state index in [1.54, 1.807) is 10.9 Å². The molecular formula is C18H16BrN3OS. The molecule has 1 amide bonds. The van der Waals surface area contributed by atoms with Gasteiger partial charge in [0.15, 0.2) is 0 Å². The van der Waals surface area contributed by atoms with Gasteiger partial charge >= 0.3 is 0 Å². The minimum absolute atomic E-state index is 0.0269. The van der Waals surface area contributed by atoms with E-state index < -0.39 is 0 Å². The van der Waals surface area contributed by atoms with Crippen molar-refractivity contribution in [3.8, 4) is 5.69 Å². The zero-order chi connectivity index (χ0) is 16.8. The van der Waals surface area contributed by atoms with E-state index in [4.69, 9.17) is 0 Å². The molecular weight excluding hydrogens is 386 g/mol. The Hall–Kier alpha value is -2.05. The molecule has 0 saturated heterocycles. The molecule has 1 aromatic heterocycles. The average Bonchev–Trinajstić information content (AvgIpc) is 3.14. The molecule has 0 spiro atoms. The van der Waals surface area contributed by atoms with Gasteiger partial charge in [-0.3, -0.25) is 4.79 Å². The van der Waals surface area contributed by atoms with Crippen LogP contribution in [0.1, 0.15) is 5.56 Å². The summed E-state index contributed by atoms with van der Waals surface area (Å²) in [6.45, 7) is 0.527. The van der Waals surface area contributed by atoms with Gasteiger partial charge in [0.25, 0.3) is 0 Å². The molecule has 122 valence electrons. The van der Waals surface area contributed by atoms with Gasteiger partial charge in [-0.1, -0.05) is 28.1 Å². The Bertz CT molecular complexity index is 786. The lowest BCUT2D eigenvalue weighted by Gasteiger charge is -2.07. The number of carbonyl (C=O) groups is 1. The highest BCUT2D eigenvalue weighted by Crippen LogP contribution is 2.20. The van der Waals surface area contributed by atoms with Crippen molar-refractivity contribution < 1.29 is 4.79 Å². The maximum atomic E-state index is 12.0. The molecule has 2 aromatic carbocycles. The van der Waals surface area contributed by atoms with Crippen molar-refractivity contribution in [1.82, 2.24) is 15.1 Å². The maximum absolute atomic E-state index is 12.0. The van der Waals surface area contributed by atoms with E-state index in [1.807, 2.05) is 60.8 Å². The van der Waals surface area contributed by atoms with Crippen LogP contribution in [0.4, 0.5) is 0 Å². The molecule has 0 radical (unpaired) electrons. The van der Waals surface area contributed by atoms with Crippen molar-refractivity contribution in [2.24, 2.45) is 0 Å². The van der Waals surface area contributed by atoms with Crippen molar-refractivity contribution >= 4 is 33.6 Å². The highest BCUT2D eigenvalue weighted by molar-refractivity contribution is 9.10. The molecule has 0 saturated carbocycles. The molecule has 0 atom stereocenters. The van der Waals surface area contributed by atoms with Crippen LogP contribution in [0.15, 0.2) is 76.4 Å². The fourth-order valence-corrected chi connectivity index (χ4v) is 3.11. The topological polar surface area (TPSA) is 46.9 Å². The zero-order valence-corrected chi connectivity index (χ0v) is 15.3. The molecule has 1 N–H and O–H groups in total. The van der Waals surface area contributed by atoms with Gasteiger partial charge in [-0.05, 0) is 48.0 Å². The van der Waals surface area contributed by atoms with Gasteiger partial charge in [0.2, 0.25) is 5.91 Å². The highest BCUT2D eigenvalue weighted by atomic mass is 79.9. The van der Waals surface area contributed by atoms with Crippen molar-refractivity contribution in [2.45, 2.75) is 11.4 Å². The number of thioether (sulfide) groups is 1. The number of hydrogen-bond acceptors (Lipinski definition) is 3. The Morgan fingerprint density at radius 1 is 1.12 bits per heavy atom. The number of benzene rings is 2. The number of rotatable bonds is 6.